The highest BCUT2D eigenvalue weighted by atomic mass is 32.2. The van der Waals surface area contributed by atoms with Gasteiger partial charge in [-0.2, -0.15) is 0 Å². The number of nitrogens with zero attached hydrogens (tertiary/aromatic N) is 4. The molecule has 3 aromatic rings. The second-order valence-corrected chi connectivity index (χ2v) is 10.1. The van der Waals surface area contributed by atoms with Gasteiger partial charge in [-0.15, -0.1) is 21.5 Å². The Morgan fingerprint density at radius 3 is 2.83 bits per heavy atom. The van der Waals surface area contributed by atoms with Gasteiger partial charge in [0.1, 0.15) is 5.82 Å². The maximum absolute atomic E-state index is 14.2. The van der Waals surface area contributed by atoms with Crippen molar-refractivity contribution in [3.05, 3.63) is 41.2 Å². The van der Waals surface area contributed by atoms with E-state index in [1.165, 1.54) is 61.3 Å². The molecule has 30 heavy (non-hydrogen) atoms. The van der Waals surface area contributed by atoms with E-state index in [1.54, 1.807) is 41.3 Å². The lowest BCUT2D eigenvalue weighted by Crippen LogP contribution is -2.23. The molecule has 1 aromatic carbocycles. The lowest BCUT2D eigenvalue weighted by atomic mass is 9.96. The third-order valence-electron chi connectivity index (χ3n) is 4.82. The third-order valence-corrected chi connectivity index (χ3v) is 7.72. The van der Waals surface area contributed by atoms with Gasteiger partial charge in [0.15, 0.2) is 9.47 Å². The molecule has 0 unspecified atom stereocenters. The van der Waals surface area contributed by atoms with Gasteiger partial charge < -0.3 is 5.32 Å². The molecule has 6 nitrogen and oxygen atoms in total. The summed E-state index contributed by atoms with van der Waals surface area (Å²) in [6.07, 6.45) is 6.25. The number of carbonyl (C=O) groups excluding carboxylic acids is 1. The maximum atomic E-state index is 14.2. The Balaban J connectivity index is 1.38. The lowest BCUT2D eigenvalue weighted by molar-refractivity contribution is -0.115. The van der Waals surface area contributed by atoms with E-state index in [-0.39, 0.29) is 11.6 Å². The summed E-state index contributed by atoms with van der Waals surface area (Å²) in [5, 5.41) is 15.2. The van der Waals surface area contributed by atoms with E-state index in [4.69, 9.17) is 0 Å². The number of halogens is 1. The largest absolute Gasteiger partial charge is 0.357 e. The van der Waals surface area contributed by atoms with Gasteiger partial charge in [0.25, 0.3) is 0 Å². The fourth-order valence-corrected chi connectivity index (χ4v) is 6.10. The predicted molar refractivity (Wildman–Crippen MR) is 121 cm³/mol. The Kier molecular flexibility index (Phi) is 6.96. The van der Waals surface area contributed by atoms with Crippen LogP contribution in [0.3, 0.4) is 0 Å². The zero-order valence-corrected chi connectivity index (χ0v) is 19.0. The molecular formula is C20H22FN5OS3. The first-order valence-corrected chi connectivity index (χ1v) is 12.5. The molecule has 1 saturated carbocycles. The Morgan fingerprint density at radius 2 is 2.07 bits per heavy atom. The normalized spacial score (nSPS) is 14.6. The fraction of sp³-hybridized carbons (Fsp3) is 0.400. The Labute approximate surface area is 186 Å². The number of aromatic nitrogens is 3. The monoisotopic (exact) mass is 463 g/mol. The minimum absolute atomic E-state index is 0.209. The zero-order chi connectivity index (χ0) is 20.9. The topological polar surface area (TPSA) is 71.0 Å². The fourth-order valence-electron chi connectivity index (χ4n) is 3.39. The Hall–Kier alpha value is -2.04. The molecule has 0 spiro atoms. The summed E-state index contributed by atoms with van der Waals surface area (Å²) in [5.41, 5.74) is 1.03. The summed E-state index contributed by atoms with van der Waals surface area (Å²) in [6, 6.07) is 6.72. The lowest BCUT2D eigenvalue weighted by Gasteiger charge is -2.21. The molecular weight excluding hydrogens is 441 g/mol. The van der Waals surface area contributed by atoms with Crippen LogP contribution in [0.1, 0.15) is 44.7 Å². The quantitative estimate of drug-likeness (QED) is 0.443. The summed E-state index contributed by atoms with van der Waals surface area (Å²) < 4.78 is 15.1. The number of benzene rings is 1. The predicted octanol–water partition coefficient (Wildman–Crippen LogP) is 5.86. The van der Waals surface area contributed by atoms with E-state index in [0.29, 0.717) is 16.9 Å². The van der Waals surface area contributed by atoms with Crippen LogP contribution in [0.4, 0.5) is 20.3 Å². The second kappa shape index (κ2) is 9.84. The number of rotatable bonds is 7. The molecule has 1 N–H and O–H groups in total. The summed E-state index contributed by atoms with van der Waals surface area (Å²) in [7, 11) is 0. The number of amides is 1. The van der Waals surface area contributed by atoms with Crippen molar-refractivity contribution in [1.82, 2.24) is 15.2 Å². The van der Waals surface area contributed by atoms with Crippen LogP contribution in [-0.4, -0.2) is 27.1 Å². The van der Waals surface area contributed by atoms with Crippen LogP contribution in [-0.2, 0) is 10.5 Å². The van der Waals surface area contributed by atoms with Crippen LogP contribution in [0.2, 0.25) is 0 Å². The molecule has 0 atom stereocenters. The van der Waals surface area contributed by atoms with Crippen LogP contribution in [0, 0.1) is 5.82 Å². The van der Waals surface area contributed by atoms with Crippen LogP contribution in [0.5, 0.6) is 0 Å². The molecule has 0 radical (unpaired) electrons. The van der Waals surface area contributed by atoms with Gasteiger partial charge in [0.05, 0.1) is 11.4 Å². The maximum Gasteiger partial charge on any atom is 0.230 e. The molecule has 0 bridgehead atoms. The number of anilines is 3. The highest BCUT2D eigenvalue weighted by Crippen LogP contribution is 2.34. The van der Waals surface area contributed by atoms with Gasteiger partial charge >= 0.3 is 0 Å². The number of hydrogen-bond donors (Lipinski definition) is 1. The Bertz CT molecular complexity index is 1000. The first kappa shape index (κ1) is 21.2. The SMILES string of the molecule is CC(=O)N(c1nc(CSc2nnc(NC3CCCCC3)s2)cs1)c1ccccc1F. The third kappa shape index (κ3) is 5.16. The number of hydrogen-bond acceptors (Lipinski definition) is 8. The van der Waals surface area contributed by atoms with Gasteiger partial charge in [-0.05, 0) is 25.0 Å². The second-order valence-electron chi connectivity index (χ2n) is 7.07. The number of nitrogens with one attached hydrogen (secondary N) is 1. The first-order chi connectivity index (χ1) is 14.6. The Morgan fingerprint density at radius 1 is 1.27 bits per heavy atom. The van der Waals surface area contributed by atoms with E-state index >= 15 is 0 Å². The summed E-state index contributed by atoms with van der Waals surface area (Å²) >= 11 is 4.44. The number of thioether (sulfide) groups is 1. The van der Waals surface area contributed by atoms with E-state index in [2.05, 4.69) is 20.5 Å². The molecule has 1 amide bonds. The molecule has 1 aliphatic rings. The summed E-state index contributed by atoms with van der Waals surface area (Å²) in [4.78, 5) is 18.0. The van der Waals surface area contributed by atoms with E-state index in [1.807, 2.05) is 5.38 Å². The first-order valence-electron chi connectivity index (χ1n) is 9.82. The molecule has 0 aliphatic heterocycles. The average Bonchev–Trinajstić information content (AvgIpc) is 3.38. The van der Waals surface area contributed by atoms with Crippen molar-refractivity contribution in [2.75, 3.05) is 10.2 Å². The van der Waals surface area contributed by atoms with Gasteiger partial charge in [0.2, 0.25) is 11.0 Å². The smallest absolute Gasteiger partial charge is 0.230 e. The van der Waals surface area contributed by atoms with Gasteiger partial charge in [-0.25, -0.2) is 9.37 Å². The number of carbonyl (C=O) groups is 1. The molecule has 10 heteroatoms. The molecule has 1 fully saturated rings. The minimum Gasteiger partial charge on any atom is -0.357 e. The molecule has 0 saturated heterocycles. The van der Waals surface area contributed by atoms with Crippen molar-refractivity contribution in [3.8, 4) is 0 Å². The van der Waals surface area contributed by atoms with Crippen molar-refractivity contribution in [3.63, 3.8) is 0 Å². The highest BCUT2D eigenvalue weighted by Gasteiger charge is 2.21. The standard InChI is InChI=1S/C20H22FN5OS3/c1-13(27)26(17-10-6-5-9-16(17)21)19-23-15(11-28-19)12-29-20-25-24-18(30-20)22-14-7-3-2-4-8-14/h5-6,9-11,14H,2-4,7-8,12H2,1H3,(H,22,24). The van der Waals surface area contributed by atoms with Crippen molar-refractivity contribution in [2.24, 2.45) is 0 Å². The van der Waals surface area contributed by atoms with E-state index in [9.17, 15) is 9.18 Å². The van der Waals surface area contributed by atoms with Gasteiger partial charge in [-0.1, -0.05) is 54.5 Å². The van der Waals surface area contributed by atoms with Crippen molar-refractivity contribution in [2.45, 2.75) is 55.2 Å². The molecule has 2 heterocycles. The van der Waals surface area contributed by atoms with Crippen LogP contribution in [0.15, 0.2) is 34.0 Å². The zero-order valence-electron chi connectivity index (χ0n) is 16.5. The highest BCUT2D eigenvalue weighted by molar-refractivity contribution is 8.00. The average molecular weight is 464 g/mol. The summed E-state index contributed by atoms with van der Waals surface area (Å²) in [5.74, 6) is -0.126. The van der Waals surface area contributed by atoms with Crippen molar-refractivity contribution in [1.29, 1.82) is 0 Å². The van der Waals surface area contributed by atoms with E-state index in [0.717, 1.165) is 15.2 Å². The van der Waals surface area contributed by atoms with Crippen LogP contribution in [0.25, 0.3) is 0 Å². The minimum atomic E-state index is -0.453. The summed E-state index contributed by atoms with van der Waals surface area (Å²) in [6.45, 7) is 1.41. The van der Waals surface area contributed by atoms with Gasteiger partial charge in [0, 0.05) is 24.1 Å². The van der Waals surface area contributed by atoms with Crippen LogP contribution >= 0.6 is 34.4 Å². The van der Waals surface area contributed by atoms with E-state index < -0.39 is 5.82 Å². The van der Waals surface area contributed by atoms with Crippen molar-refractivity contribution < 1.29 is 9.18 Å². The molecule has 1 aliphatic carbocycles. The van der Waals surface area contributed by atoms with Gasteiger partial charge in [-0.3, -0.25) is 9.69 Å². The number of thiazole rings is 1. The van der Waals surface area contributed by atoms with Crippen LogP contribution < -0.4 is 10.2 Å². The molecule has 158 valence electrons. The number of para-hydroxylation sites is 1. The molecule has 2 aromatic heterocycles. The van der Waals surface area contributed by atoms with Crippen molar-refractivity contribution >= 4 is 56.3 Å². The molecule has 4 rings (SSSR count).